The van der Waals surface area contributed by atoms with Crippen molar-refractivity contribution in [1.82, 2.24) is 9.88 Å². The van der Waals surface area contributed by atoms with Crippen LogP contribution in [0.5, 0.6) is 0 Å². The van der Waals surface area contributed by atoms with Crippen LogP contribution < -0.4 is 0 Å². The fourth-order valence-corrected chi connectivity index (χ4v) is 2.84. The summed E-state index contributed by atoms with van der Waals surface area (Å²) in [5.74, 6) is 0. The van der Waals surface area contributed by atoms with E-state index in [-0.39, 0.29) is 0 Å². The third-order valence-electron chi connectivity index (χ3n) is 3.31. The van der Waals surface area contributed by atoms with Crippen molar-refractivity contribution in [1.29, 1.82) is 0 Å². The van der Waals surface area contributed by atoms with Crippen LogP contribution in [0, 0.1) is 0 Å². The van der Waals surface area contributed by atoms with E-state index in [0.29, 0.717) is 12.1 Å². The normalized spacial score (nSPS) is 21.9. The average molecular weight is 236 g/mol. The van der Waals surface area contributed by atoms with Gasteiger partial charge in [0.25, 0.3) is 0 Å². The van der Waals surface area contributed by atoms with Gasteiger partial charge in [0.2, 0.25) is 0 Å². The van der Waals surface area contributed by atoms with Gasteiger partial charge in [-0.05, 0) is 51.1 Å². The number of rotatable bonds is 3. The molecule has 2 nitrogen and oxygen atoms in total. The Hall–Kier alpha value is -0.540. The molecule has 1 unspecified atom stereocenters. The second kappa shape index (κ2) is 5.19. The molecule has 0 N–H and O–H groups in total. The number of likely N-dealkylation sites (tertiary alicyclic amines) is 1. The lowest BCUT2D eigenvalue weighted by Crippen LogP contribution is -2.30. The van der Waals surface area contributed by atoms with Gasteiger partial charge in [0.15, 0.2) is 0 Å². The molecule has 2 heterocycles. The summed E-state index contributed by atoms with van der Waals surface area (Å²) in [5, 5.41) is 1.11. The Morgan fingerprint density at radius 2 is 2.25 bits per heavy atom. The molecule has 0 aromatic carbocycles. The molecule has 0 spiro atoms. The smallest absolute Gasteiger partial charge is 0.0957 e. The first-order chi connectivity index (χ1) is 7.72. The van der Waals surface area contributed by atoms with Gasteiger partial charge in [-0.25, -0.2) is 4.98 Å². The summed E-state index contributed by atoms with van der Waals surface area (Å²) in [7, 11) is 0. The Morgan fingerprint density at radius 1 is 1.44 bits per heavy atom. The van der Waals surface area contributed by atoms with Gasteiger partial charge >= 0.3 is 0 Å². The lowest BCUT2D eigenvalue weighted by molar-refractivity contribution is 0.205. The SMILES string of the molecule is CSc1ccc(C2CCCN2C(C)C)cn1. The highest BCUT2D eigenvalue weighted by Crippen LogP contribution is 2.33. The van der Waals surface area contributed by atoms with E-state index in [9.17, 15) is 0 Å². The minimum absolute atomic E-state index is 0.586. The molecule has 2 rings (SSSR count). The van der Waals surface area contributed by atoms with Crippen LogP contribution in [-0.2, 0) is 0 Å². The van der Waals surface area contributed by atoms with E-state index in [1.807, 2.05) is 0 Å². The third kappa shape index (κ3) is 2.41. The van der Waals surface area contributed by atoms with Crippen LogP contribution in [0.4, 0.5) is 0 Å². The van der Waals surface area contributed by atoms with Crippen molar-refractivity contribution < 1.29 is 0 Å². The zero-order chi connectivity index (χ0) is 11.5. The van der Waals surface area contributed by atoms with Crippen LogP contribution in [0.1, 0.15) is 38.3 Å². The molecule has 1 atom stereocenters. The summed E-state index contributed by atoms with van der Waals surface area (Å²) < 4.78 is 0. The van der Waals surface area contributed by atoms with Crippen molar-refractivity contribution >= 4 is 11.8 Å². The minimum atomic E-state index is 0.586. The number of hydrogen-bond donors (Lipinski definition) is 0. The summed E-state index contributed by atoms with van der Waals surface area (Å²) in [6.07, 6.45) is 6.71. The van der Waals surface area contributed by atoms with Crippen molar-refractivity contribution in [3.8, 4) is 0 Å². The van der Waals surface area contributed by atoms with Crippen molar-refractivity contribution in [3.05, 3.63) is 23.9 Å². The predicted molar refractivity (Wildman–Crippen MR) is 69.8 cm³/mol. The van der Waals surface area contributed by atoms with Gasteiger partial charge in [-0.1, -0.05) is 6.07 Å². The van der Waals surface area contributed by atoms with Gasteiger partial charge < -0.3 is 0 Å². The van der Waals surface area contributed by atoms with E-state index in [0.717, 1.165) is 5.03 Å². The van der Waals surface area contributed by atoms with Crippen LogP contribution in [0.25, 0.3) is 0 Å². The average Bonchev–Trinajstić information content (AvgIpc) is 2.78. The number of aromatic nitrogens is 1. The standard InChI is InChI=1S/C13H20N2S/c1-10(2)15-8-4-5-12(15)11-6-7-13(16-3)14-9-11/h6-7,9-10,12H,4-5,8H2,1-3H3. The Labute approximate surface area is 102 Å². The molecule has 0 saturated carbocycles. The second-order valence-electron chi connectivity index (χ2n) is 4.62. The number of pyridine rings is 1. The van der Waals surface area contributed by atoms with Gasteiger partial charge in [0.1, 0.15) is 0 Å². The molecular formula is C13H20N2S. The zero-order valence-electron chi connectivity index (χ0n) is 10.3. The molecule has 1 aromatic rings. The Kier molecular flexibility index (Phi) is 3.87. The van der Waals surface area contributed by atoms with E-state index in [2.05, 4.69) is 48.3 Å². The third-order valence-corrected chi connectivity index (χ3v) is 3.97. The Morgan fingerprint density at radius 3 is 2.81 bits per heavy atom. The van der Waals surface area contributed by atoms with E-state index < -0.39 is 0 Å². The second-order valence-corrected chi connectivity index (χ2v) is 5.45. The number of hydrogen-bond acceptors (Lipinski definition) is 3. The van der Waals surface area contributed by atoms with E-state index in [1.54, 1.807) is 11.8 Å². The van der Waals surface area contributed by atoms with Crippen LogP contribution >= 0.6 is 11.8 Å². The predicted octanol–water partition coefficient (Wildman–Crippen LogP) is 3.35. The highest BCUT2D eigenvalue weighted by Gasteiger charge is 2.27. The maximum Gasteiger partial charge on any atom is 0.0957 e. The fraction of sp³-hybridized carbons (Fsp3) is 0.615. The van der Waals surface area contributed by atoms with Crippen molar-refractivity contribution in [3.63, 3.8) is 0 Å². The molecule has 88 valence electrons. The summed E-state index contributed by atoms with van der Waals surface area (Å²) >= 11 is 1.70. The molecule has 3 heteroatoms. The van der Waals surface area contributed by atoms with Gasteiger partial charge in [-0.2, -0.15) is 0 Å². The summed E-state index contributed by atoms with van der Waals surface area (Å²) in [6.45, 7) is 5.79. The molecule has 1 aromatic heterocycles. The van der Waals surface area contributed by atoms with E-state index >= 15 is 0 Å². The molecule has 1 fully saturated rings. The van der Waals surface area contributed by atoms with Crippen LogP contribution in [0.15, 0.2) is 23.4 Å². The molecule has 0 aliphatic carbocycles. The molecule has 16 heavy (non-hydrogen) atoms. The maximum absolute atomic E-state index is 4.47. The van der Waals surface area contributed by atoms with Gasteiger partial charge in [-0.15, -0.1) is 11.8 Å². The van der Waals surface area contributed by atoms with E-state index in [1.165, 1.54) is 24.9 Å². The largest absolute Gasteiger partial charge is 0.294 e. The van der Waals surface area contributed by atoms with Gasteiger partial charge in [0.05, 0.1) is 5.03 Å². The Bertz CT molecular complexity index is 334. The minimum Gasteiger partial charge on any atom is -0.294 e. The summed E-state index contributed by atoms with van der Waals surface area (Å²) in [5.41, 5.74) is 1.38. The topological polar surface area (TPSA) is 16.1 Å². The van der Waals surface area contributed by atoms with Crippen LogP contribution in [0.2, 0.25) is 0 Å². The molecule has 1 aliphatic heterocycles. The summed E-state index contributed by atoms with van der Waals surface area (Å²) in [4.78, 5) is 7.05. The summed E-state index contributed by atoms with van der Waals surface area (Å²) in [6, 6.07) is 5.59. The lowest BCUT2D eigenvalue weighted by Gasteiger charge is -2.28. The molecule has 0 bridgehead atoms. The molecule has 0 amide bonds. The number of nitrogens with zero attached hydrogens (tertiary/aromatic N) is 2. The quantitative estimate of drug-likeness (QED) is 0.749. The maximum atomic E-state index is 4.47. The molecule has 0 radical (unpaired) electrons. The zero-order valence-corrected chi connectivity index (χ0v) is 11.1. The van der Waals surface area contributed by atoms with Crippen molar-refractivity contribution in [2.45, 2.75) is 43.8 Å². The molecule has 1 aliphatic rings. The first kappa shape index (κ1) is 11.9. The van der Waals surface area contributed by atoms with Crippen LogP contribution in [0.3, 0.4) is 0 Å². The fourth-order valence-electron chi connectivity index (χ4n) is 2.47. The van der Waals surface area contributed by atoms with Crippen LogP contribution in [-0.4, -0.2) is 28.7 Å². The lowest BCUT2D eigenvalue weighted by atomic mass is 10.1. The first-order valence-corrected chi connectivity index (χ1v) is 7.20. The molecule has 1 saturated heterocycles. The Balaban J connectivity index is 2.16. The first-order valence-electron chi connectivity index (χ1n) is 5.98. The highest BCUT2D eigenvalue weighted by molar-refractivity contribution is 7.98. The van der Waals surface area contributed by atoms with Gasteiger partial charge in [0, 0.05) is 18.3 Å². The van der Waals surface area contributed by atoms with Crippen molar-refractivity contribution in [2.24, 2.45) is 0 Å². The molecular weight excluding hydrogens is 216 g/mol. The van der Waals surface area contributed by atoms with Crippen molar-refractivity contribution in [2.75, 3.05) is 12.8 Å². The van der Waals surface area contributed by atoms with E-state index in [4.69, 9.17) is 0 Å². The monoisotopic (exact) mass is 236 g/mol. The highest BCUT2D eigenvalue weighted by atomic mass is 32.2. The van der Waals surface area contributed by atoms with Gasteiger partial charge in [-0.3, -0.25) is 4.90 Å². The number of thioether (sulfide) groups is 1.